The van der Waals surface area contributed by atoms with Crippen LogP contribution in [0.1, 0.15) is 13.8 Å². The third-order valence-electron chi connectivity index (χ3n) is 2.25. The Morgan fingerprint density at radius 2 is 1.75 bits per heavy atom. The number of hydrogen-bond acceptors (Lipinski definition) is 1. The molecule has 1 aromatic carbocycles. The summed E-state index contributed by atoms with van der Waals surface area (Å²) in [6.45, 7) is 5.31. The predicted molar refractivity (Wildman–Crippen MR) is 73.8 cm³/mol. The Bertz CT molecular complexity index is 358. The molecular formula is C11H14Br2N2O. The van der Waals surface area contributed by atoms with Gasteiger partial charge in [0.2, 0.25) is 0 Å². The van der Waals surface area contributed by atoms with Crippen LogP contribution in [-0.4, -0.2) is 24.0 Å². The average molecular weight is 350 g/mol. The molecule has 0 heterocycles. The number of nitrogens with zero attached hydrogens (tertiary/aromatic N) is 1. The third kappa shape index (κ3) is 3.22. The second-order valence-electron chi connectivity index (χ2n) is 3.20. The molecule has 0 aliphatic heterocycles. The number of anilines is 1. The largest absolute Gasteiger partial charge is 0.325 e. The second kappa shape index (κ2) is 6.25. The molecule has 1 rings (SSSR count). The molecule has 1 N–H and O–H groups in total. The van der Waals surface area contributed by atoms with Gasteiger partial charge < -0.3 is 10.2 Å². The van der Waals surface area contributed by atoms with Crippen molar-refractivity contribution < 1.29 is 4.79 Å². The standard InChI is InChI=1S/C11H14Br2N2O/c1-3-15(4-2)11(16)14-10-8(12)6-5-7-9(10)13/h5-7H,3-4H2,1-2H3,(H,14,16). The topological polar surface area (TPSA) is 32.3 Å². The van der Waals surface area contributed by atoms with Gasteiger partial charge in [-0.15, -0.1) is 0 Å². The lowest BCUT2D eigenvalue weighted by atomic mass is 10.3. The molecule has 5 heteroatoms. The van der Waals surface area contributed by atoms with Crippen LogP contribution in [-0.2, 0) is 0 Å². The first-order valence-electron chi connectivity index (χ1n) is 5.10. The molecule has 16 heavy (non-hydrogen) atoms. The number of nitrogens with one attached hydrogen (secondary N) is 1. The molecular weight excluding hydrogens is 336 g/mol. The fraction of sp³-hybridized carbons (Fsp3) is 0.364. The molecule has 0 saturated carbocycles. The van der Waals surface area contributed by atoms with E-state index in [9.17, 15) is 4.79 Å². The first kappa shape index (κ1) is 13.5. The Kier molecular flexibility index (Phi) is 5.28. The van der Waals surface area contributed by atoms with E-state index in [1.807, 2.05) is 32.0 Å². The Labute approximate surface area is 112 Å². The Hall–Kier alpha value is -0.550. The van der Waals surface area contributed by atoms with Gasteiger partial charge in [-0.2, -0.15) is 0 Å². The molecule has 0 aliphatic rings. The third-order valence-corrected chi connectivity index (χ3v) is 3.57. The maximum absolute atomic E-state index is 11.9. The molecule has 0 radical (unpaired) electrons. The lowest BCUT2D eigenvalue weighted by molar-refractivity contribution is 0.217. The highest BCUT2D eigenvalue weighted by atomic mass is 79.9. The number of carbonyl (C=O) groups is 1. The molecule has 1 aromatic rings. The quantitative estimate of drug-likeness (QED) is 0.875. The fourth-order valence-corrected chi connectivity index (χ4v) is 2.51. The predicted octanol–water partition coefficient (Wildman–Crippen LogP) is 4.09. The lowest BCUT2D eigenvalue weighted by Gasteiger charge is -2.20. The summed E-state index contributed by atoms with van der Waals surface area (Å²) in [5.74, 6) is 0. The van der Waals surface area contributed by atoms with Crippen molar-refractivity contribution in [2.45, 2.75) is 13.8 Å². The SMILES string of the molecule is CCN(CC)C(=O)Nc1c(Br)cccc1Br. The van der Waals surface area contributed by atoms with Crippen molar-refractivity contribution in [1.29, 1.82) is 0 Å². The van der Waals surface area contributed by atoms with Crippen LogP contribution < -0.4 is 5.32 Å². The van der Waals surface area contributed by atoms with Crippen molar-refractivity contribution in [2.24, 2.45) is 0 Å². The van der Waals surface area contributed by atoms with Crippen LogP contribution >= 0.6 is 31.9 Å². The zero-order valence-electron chi connectivity index (χ0n) is 9.26. The molecule has 0 aliphatic carbocycles. The van der Waals surface area contributed by atoms with E-state index in [-0.39, 0.29) is 6.03 Å². The highest BCUT2D eigenvalue weighted by Crippen LogP contribution is 2.30. The highest BCUT2D eigenvalue weighted by Gasteiger charge is 2.12. The summed E-state index contributed by atoms with van der Waals surface area (Å²) in [5.41, 5.74) is 0.763. The number of halogens is 2. The van der Waals surface area contributed by atoms with Gasteiger partial charge in [0, 0.05) is 22.0 Å². The second-order valence-corrected chi connectivity index (χ2v) is 4.91. The van der Waals surface area contributed by atoms with Crippen molar-refractivity contribution in [3.05, 3.63) is 27.1 Å². The Morgan fingerprint density at radius 3 is 2.19 bits per heavy atom. The van der Waals surface area contributed by atoms with Crippen molar-refractivity contribution in [2.75, 3.05) is 18.4 Å². The maximum Gasteiger partial charge on any atom is 0.321 e. The van der Waals surface area contributed by atoms with E-state index in [0.717, 1.165) is 14.6 Å². The van der Waals surface area contributed by atoms with Crippen molar-refractivity contribution >= 4 is 43.6 Å². The smallest absolute Gasteiger partial charge is 0.321 e. The number of benzene rings is 1. The number of para-hydroxylation sites is 1. The van der Waals surface area contributed by atoms with Gasteiger partial charge in [-0.3, -0.25) is 0 Å². The van der Waals surface area contributed by atoms with E-state index in [4.69, 9.17) is 0 Å². The van der Waals surface area contributed by atoms with E-state index >= 15 is 0 Å². The molecule has 0 saturated heterocycles. The Balaban J connectivity index is 2.84. The summed E-state index contributed by atoms with van der Waals surface area (Å²) in [4.78, 5) is 13.6. The summed E-state index contributed by atoms with van der Waals surface area (Å²) in [6, 6.07) is 5.60. The fourth-order valence-electron chi connectivity index (χ4n) is 1.31. The molecule has 0 atom stereocenters. The van der Waals surface area contributed by atoms with Crippen LogP contribution in [0.15, 0.2) is 27.1 Å². The number of amides is 2. The van der Waals surface area contributed by atoms with E-state index in [1.54, 1.807) is 4.90 Å². The molecule has 0 fully saturated rings. The zero-order valence-corrected chi connectivity index (χ0v) is 12.4. The molecule has 3 nitrogen and oxygen atoms in total. The van der Waals surface area contributed by atoms with Gasteiger partial charge in [0.05, 0.1) is 5.69 Å². The van der Waals surface area contributed by atoms with E-state index in [0.29, 0.717) is 13.1 Å². The summed E-state index contributed by atoms with van der Waals surface area (Å²) in [5, 5.41) is 2.87. The summed E-state index contributed by atoms with van der Waals surface area (Å²) in [6.07, 6.45) is 0. The molecule has 0 spiro atoms. The maximum atomic E-state index is 11.9. The van der Waals surface area contributed by atoms with E-state index in [2.05, 4.69) is 37.2 Å². The van der Waals surface area contributed by atoms with Crippen LogP contribution in [0, 0.1) is 0 Å². The van der Waals surface area contributed by atoms with Crippen LogP contribution in [0.25, 0.3) is 0 Å². The minimum Gasteiger partial charge on any atom is -0.325 e. The van der Waals surface area contributed by atoms with Crippen LogP contribution in [0.4, 0.5) is 10.5 Å². The normalized spacial score (nSPS) is 10.0. The average Bonchev–Trinajstić information content (AvgIpc) is 2.25. The minimum atomic E-state index is -0.0856. The van der Waals surface area contributed by atoms with Gasteiger partial charge in [0.25, 0.3) is 0 Å². The molecule has 88 valence electrons. The van der Waals surface area contributed by atoms with Gasteiger partial charge in [-0.1, -0.05) is 6.07 Å². The first-order valence-corrected chi connectivity index (χ1v) is 6.68. The van der Waals surface area contributed by atoms with E-state index < -0.39 is 0 Å². The monoisotopic (exact) mass is 348 g/mol. The number of urea groups is 1. The lowest BCUT2D eigenvalue weighted by Crippen LogP contribution is -2.34. The number of hydrogen-bond donors (Lipinski definition) is 1. The van der Waals surface area contributed by atoms with Crippen molar-refractivity contribution in [3.63, 3.8) is 0 Å². The molecule has 2 amide bonds. The zero-order chi connectivity index (χ0) is 12.1. The molecule has 0 bridgehead atoms. The number of carbonyl (C=O) groups excluding carboxylic acids is 1. The van der Waals surface area contributed by atoms with Crippen LogP contribution in [0.3, 0.4) is 0 Å². The molecule has 0 unspecified atom stereocenters. The van der Waals surface area contributed by atoms with Gasteiger partial charge in [0.15, 0.2) is 0 Å². The summed E-state index contributed by atoms with van der Waals surface area (Å²) < 4.78 is 1.73. The Morgan fingerprint density at radius 1 is 1.25 bits per heavy atom. The van der Waals surface area contributed by atoms with Crippen molar-refractivity contribution in [3.8, 4) is 0 Å². The summed E-state index contributed by atoms with van der Waals surface area (Å²) in [7, 11) is 0. The van der Waals surface area contributed by atoms with Crippen LogP contribution in [0.5, 0.6) is 0 Å². The molecule has 0 aromatic heterocycles. The van der Waals surface area contributed by atoms with Gasteiger partial charge >= 0.3 is 6.03 Å². The van der Waals surface area contributed by atoms with Gasteiger partial charge in [0.1, 0.15) is 0 Å². The minimum absolute atomic E-state index is 0.0856. The van der Waals surface area contributed by atoms with Crippen molar-refractivity contribution in [1.82, 2.24) is 4.90 Å². The van der Waals surface area contributed by atoms with E-state index in [1.165, 1.54) is 0 Å². The van der Waals surface area contributed by atoms with Crippen LogP contribution in [0.2, 0.25) is 0 Å². The van der Waals surface area contributed by atoms with Gasteiger partial charge in [-0.25, -0.2) is 4.79 Å². The highest BCUT2D eigenvalue weighted by molar-refractivity contribution is 9.11. The first-order chi connectivity index (χ1) is 7.60. The van der Waals surface area contributed by atoms with Gasteiger partial charge in [-0.05, 0) is 57.8 Å². The summed E-state index contributed by atoms with van der Waals surface area (Å²) >= 11 is 6.81. The number of rotatable bonds is 3.